The van der Waals surface area contributed by atoms with E-state index in [1.54, 1.807) is 0 Å². The summed E-state index contributed by atoms with van der Waals surface area (Å²) in [6.45, 7) is 2.61. The van der Waals surface area contributed by atoms with Gasteiger partial charge in [0.15, 0.2) is 0 Å². The maximum atomic E-state index is 12.6. The average molecular weight is 356 g/mol. The Hall–Kier alpha value is -0.860. The van der Waals surface area contributed by atoms with Gasteiger partial charge < -0.3 is 10.2 Å². The lowest BCUT2D eigenvalue weighted by Gasteiger charge is -2.33. The molecule has 0 heterocycles. The lowest BCUT2D eigenvalue weighted by molar-refractivity contribution is 0.0697. The van der Waals surface area contributed by atoms with E-state index in [0.717, 1.165) is 16.4 Å². The monoisotopic (exact) mass is 355 g/mol. The van der Waals surface area contributed by atoms with Gasteiger partial charge in [0.1, 0.15) is 4.90 Å². The van der Waals surface area contributed by atoms with E-state index in [4.69, 9.17) is 28.3 Å². The summed E-state index contributed by atoms with van der Waals surface area (Å²) in [5, 5.41) is 17.8. The molecule has 6 nitrogen and oxygen atoms in total. The van der Waals surface area contributed by atoms with Crippen molar-refractivity contribution in [1.29, 1.82) is 0 Å². The summed E-state index contributed by atoms with van der Waals surface area (Å²) < 4.78 is 26.0. The van der Waals surface area contributed by atoms with Gasteiger partial charge in [0, 0.05) is 12.1 Å². The fourth-order valence-corrected chi connectivity index (χ4v) is 3.86. The number of aliphatic hydroxyl groups excluding tert-OH is 1. The van der Waals surface area contributed by atoms with Gasteiger partial charge in [-0.1, -0.05) is 23.2 Å². The van der Waals surface area contributed by atoms with Gasteiger partial charge in [-0.3, -0.25) is 0 Å². The summed E-state index contributed by atoms with van der Waals surface area (Å²) in [4.78, 5) is 10.7. The number of carboxylic acid groups (broad SMARTS) is 1. The van der Waals surface area contributed by atoms with Gasteiger partial charge in [0.2, 0.25) is 10.0 Å². The van der Waals surface area contributed by atoms with Crippen molar-refractivity contribution in [3.63, 3.8) is 0 Å². The molecule has 1 aromatic rings. The van der Waals surface area contributed by atoms with E-state index in [1.807, 2.05) is 0 Å². The highest BCUT2D eigenvalue weighted by Gasteiger charge is 2.36. The van der Waals surface area contributed by atoms with Crippen LogP contribution in [0.3, 0.4) is 0 Å². The maximum absolute atomic E-state index is 12.6. The maximum Gasteiger partial charge on any atom is 0.337 e. The number of hydrogen-bond acceptors (Lipinski definition) is 4. The molecule has 0 amide bonds. The Balaban J connectivity index is 3.57. The number of halogens is 2. The standard InChI is InChI=1S/C12H15Cl2NO5S/c1-12(2,6-16)15(3)21(19,20)9-5-7(13)4-8(10(9)14)11(17)18/h4-5,16H,6H2,1-3H3,(H,17,18). The highest BCUT2D eigenvalue weighted by Crippen LogP contribution is 2.33. The molecule has 2 N–H and O–H groups in total. The van der Waals surface area contributed by atoms with Gasteiger partial charge in [-0.25, -0.2) is 13.2 Å². The number of aromatic carboxylic acids is 1. The smallest absolute Gasteiger partial charge is 0.337 e. The van der Waals surface area contributed by atoms with Gasteiger partial charge in [-0.2, -0.15) is 4.31 Å². The lowest BCUT2D eigenvalue weighted by atomic mass is 10.1. The van der Waals surface area contributed by atoms with Gasteiger partial charge in [0.25, 0.3) is 0 Å². The van der Waals surface area contributed by atoms with E-state index >= 15 is 0 Å². The Morgan fingerprint density at radius 3 is 2.29 bits per heavy atom. The fourth-order valence-electron chi connectivity index (χ4n) is 1.48. The summed E-state index contributed by atoms with van der Waals surface area (Å²) in [6.07, 6.45) is 0. The van der Waals surface area contributed by atoms with Gasteiger partial charge in [-0.15, -0.1) is 0 Å². The van der Waals surface area contributed by atoms with Crippen molar-refractivity contribution in [2.45, 2.75) is 24.3 Å². The number of sulfonamides is 1. The molecule has 0 aromatic heterocycles. The molecule has 0 bridgehead atoms. The first-order chi connectivity index (χ1) is 9.45. The SMILES string of the molecule is CN(C(C)(C)CO)S(=O)(=O)c1cc(Cl)cc(C(=O)O)c1Cl. The van der Waals surface area contributed by atoms with Crippen molar-refractivity contribution in [3.05, 3.63) is 27.7 Å². The van der Waals surface area contributed by atoms with Crippen LogP contribution in [0.1, 0.15) is 24.2 Å². The average Bonchev–Trinajstić information content (AvgIpc) is 2.39. The van der Waals surface area contributed by atoms with Crippen molar-refractivity contribution in [2.75, 3.05) is 13.7 Å². The molecule has 0 saturated carbocycles. The second kappa shape index (κ2) is 6.10. The molecular formula is C12H15Cl2NO5S. The van der Waals surface area contributed by atoms with Crippen LogP contribution in [0.5, 0.6) is 0 Å². The number of rotatable bonds is 5. The topological polar surface area (TPSA) is 94.9 Å². The van der Waals surface area contributed by atoms with Gasteiger partial charge in [-0.05, 0) is 26.0 Å². The number of carboxylic acids is 1. The molecule has 9 heteroatoms. The zero-order valence-electron chi connectivity index (χ0n) is 11.6. The highest BCUT2D eigenvalue weighted by atomic mass is 35.5. The second-order valence-electron chi connectivity index (χ2n) is 5.01. The third-order valence-electron chi connectivity index (χ3n) is 3.11. The first kappa shape index (κ1) is 18.2. The van der Waals surface area contributed by atoms with Crippen LogP contribution in [0.25, 0.3) is 0 Å². The molecule has 1 aromatic carbocycles. The van der Waals surface area contributed by atoms with E-state index < -0.39 is 43.6 Å². The molecule has 1 rings (SSSR count). The normalized spacial score (nSPS) is 12.7. The zero-order valence-corrected chi connectivity index (χ0v) is 13.9. The lowest BCUT2D eigenvalue weighted by Crippen LogP contribution is -2.47. The van der Waals surface area contributed by atoms with Crippen molar-refractivity contribution in [2.24, 2.45) is 0 Å². The summed E-state index contributed by atoms with van der Waals surface area (Å²) in [7, 11) is -2.86. The number of carbonyl (C=O) groups is 1. The van der Waals surface area contributed by atoms with Crippen molar-refractivity contribution >= 4 is 39.2 Å². The van der Waals surface area contributed by atoms with E-state index in [1.165, 1.54) is 20.9 Å². The van der Waals surface area contributed by atoms with Crippen LogP contribution in [-0.4, -0.2) is 48.1 Å². The van der Waals surface area contributed by atoms with Gasteiger partial charge >= 0.3 is 5.97 Å². The Morgan fingerprint density at radius 1 is 1.33 bits per heavy atom. The zero-order chi connectivity index (χ0) is 16.6. The Bertz CT molecular complexity index is 672. The summed E-state index contributed by atoms with van der Waals surface area (Å²) >= 11 is 11.7. The molecule has 0 saturated heterocycles. The minimum absolute atomic E-state index is 0.0643. The van der Waals surface area contributed by atoms with Gasteiger partial charge in [0.05, 0.1) is 22.7 Å². The first-order valence-corrected chi connectivity index (χ1v) is 7.97. The third-order valence-corrected chi connectivity index (χ3v) is 5.94. The molecule has 0 aliphatic carbocycles. The molecule has 118 valence electrons. The Labute approximate surface area is 132 Å². The third kappa shape index (κ3) is 3.49. The summed E-state index contributed by atoms with van der Waals surface area (Å²) in [6, 6.07) is 2.15. The minimum atomic E-state index is -4.12. The molecule has 0 fully saturated rings. The van der Waals surface area contributed by atoms with Crippen LogP contribution in [0.4, 0.5) is 0 Å². The Morgan fingerprint density at radius 2 is 1.86 bits per heavy atom. The largest absolute Gasteiger partial charge is 0.478 e. The van der Waals surface area contributed by atoms with Crippen LogP contribution in [0, 0.1) is 0 Å². The van der Waals surface area contributed by atoms with E-state index in [2.05, 4.69) is 0 Å². The minimum Gasteiger partial charge on any atom is -0.478 e. The van der Waals surface area contributed by atoms with Crippen LogP contribution < -0.4 is 0 Å². The van der Waals surface area contributed by atoms with Crippen molar-refractivity contribution < 1.29 is 23.4 Å². The van der Waals surface area contributed by atoms with E-state index in [0.29, 0.717) is 0 Å². The van der Waals surface area contributed by atoms with Crippen LogP contribution in [0.2, 0.25) is 10.0 Å². The molecule has 0 atom stereocenters. The van der Waals surface area contributed by atoms with E-state index in [-0.39, 0.29) is 5.02 Å². The number of benzene rings is 1. The number of aliphatic hydroxyl groups is 1. The highest BCUT2D eigenvalue weighted by molar-refractivity contribution is 7.89. The molecule has 0 radical (unpaired) electrons. The fraction of sp³-hybridized carbons (Fsp3) is 0.417. The Kier molecular flexibility index (Phi) is 5.28. The number of hydrogen-bond donors (Lipinski definition) is 2. The predicted molar refractivity (Wildman–Crippen MR) is 79.5 cm³/mol. The van der Waals surface area contributed by atoms with Crippen molar-refractivity contribution in [3.8, 4) is 0 Å². The van der Waals surface area contributed by atoms with E-state index in [9.17, 15) is 18.3 Å². The van der Waals surface area contributed by atoms with Crippen LogP contribution >= 0.6 is 23.2 Å². The van der Waals surface area contributed by atoms with Crippen LogP contribution in [0.15, 0.2) is 17.0 Å². The quantitative estimate of drug-likeness (QED) is 0.842. The summed E-state index contributed by atoms with van der Waals surface area (Å²) in [5.74, 6) is -1.39. The molecule has 21 heavy (non-hydrogen) atoms. The number of nitrogens with zero attached hydrogens (tertiary/aromatic N) is 1. The molecule has 0 spiro atoms. The summed E-state index contributed by atoms with van der Waals surface area (Å²) in [5.41, 5.74) is -1.49. The molecule has 0 aliphatic heterocycles. The first-order valence-electron chi connectivity index (χ1n) is 5.77. The molecular weight excluding hydrogens is 341 g/mol. The second-order valence-corrected chi connectivity index (χ2v) is 7.77. The van der Waals surface area contributed by atoms with Crippen LogP contribution in [-0.2, 0) is 10.0 Å². The molecule has 0 aliphatic rings. The molecule has 0 unspecified atom stereocenters. The predicted octanol–water partition coefficient (Wildman–Crippen LogP) is 2.08. The van der Waals surface area contributed by atoms with Crippen molar-refractivity contribution in [1.82, 2.24) is 4.31 Å². The number of likely N-dealkylation sites (N-methyl/N-ethyl adjacent to an activating group) is 1.